The molecule has 1 rings (SSSR count). The third kappa shape index (κ3) is 3.93. The molecule has 0 heterocycles. The van der Waals surface area contributed by atoms with Gasteiger partial charge in [0.15, 0.2) is 11.5 Å². The largest absolute Gasteiger partial charge is 0.493 e. The van der Waals surface area contributed by atoms with E-state index in [0.29, 0.717) is 12.5 Å². The Morgan fingerprint density at radius 1 is 1.19 bits per heavy atom. The van der Waals surface area contributed by atoms with Gasteiger partial charge in [0.25, 0.3) is 0 Å². The summed E-state index contributed by atoms with van der Waals surface area (Å²) >= 11 is 5.85. The van der Waals surface area contributed by atoms with Crippen LogP contribution in [0.1, 0.15) is 20.3 Å². The highest BCUT2D eigenvalue weighted by molar-refractivity contribution is 6.18. The lowest BCUT2D eigenvalue weighted by molar-refractivity contribution is 0.236. The van der Waals surface area contributed by atoms with Crippen LogP contribution in [0.25, 0.3) is 0 Å². The molecule has 0 aromatic heterocycles. The van der Waals surface area contributed by atoms with E-state index in [1.165, 1.54) is 0 Å². The van der Waals surface area contributed by atoms with Crippen LogP contribution in [0.5, 0.6) is 11.5 Å². The summed E-state index contributed by atoms with van der Waals surface area (Å²) in [5.41, 5.74) is 0.115. The Bertz CT molecular complexity index is 323. The minimum absolute atomic E-state index is 0.115. The number of hydrogen-bond acceptors (Lipinski definition) is 2. The van der Waals surface area contributed by atoms with Gasteiger partial charge in [-0.3, -0.25) is 0 Å². The van der Waals surface area contributed by atoms with E-state index in [2.05, 4.69) is 13.8 Å². The van der Waals surface area contributed by atoms with E-state index in [0.717, 1.165) is 17.9 Å². The fourth-order valence-corrected chi connectivity index (χ4v) is 1.38. The number of alkyl halides is 1. The summed E-state index contributed by atoms with van der Waals surface area (Å²) in [6.07, 6.45) is 0.925. The lowest BCUT2D eigenvalue weighted by atomic mass is 9.93. The minimum Gasteiger partial charge on any atom is -0.493 e. The molecular formula is C13H19ClO2. The Kier molecular flexibility index (Phi) is 4.94. The zero-order chi connectivity index (χ0) is 12.0. The van der Waals surface area contributed by atoms with Crippen molar-refractivity contribution in [3.63, 3.8) is 0 Å². The standard InChI is InChI=1S/C13H19ClO2/c1-13(2,10-14)8-9-16-12-7-5-4-6-11(12)15-3/h4-7H,8-10H2,1-3H3. The van der Waals surface area contributed by atoms with Crippen molar-refractivity contribution < 1.29 is 9.47 Å². The van der Waals surface area contributed by atoms with Crippen molar-refractivity contribution in [2.24, 2.45) is 5.41 Å². The van der Waals surface area contributed by atoms with Gasteiger partial charge in [0.2, 0.25) is 0 Å². The summed E-state index contributed by atoms with van der Waals surface area (Å²) in [6, 6.07) is 7.66. The smallest absolute Gasteiger partial charge is 0.161 e. The molecule has 0 aliphatic heterocycles. The maximum Gasteiger partial charge on any atom is 0.161 e. The molecule has 0 amide bonds. The van der Waals surface area contributed by atoms with Crippen LogP contribution in [0.4, 0.5) is 0 Å². The lowest BCUT2D eigenvalue weighted by Crippen LogP contribution is -2.17. The molecule has 0 aliphatic carbocycles. The molecule has 1 aromatic carbocycles. The number of benzene rings is 1. The van der Waals surface area contributed by atoms with E-state index in [1.807, 2.05) is 24.3 Å². The van der Waals surface area contributed by atoms with Gasteiger partial charge in [-0.05, 0) is 24.0 Å². The Balaban J connectivity index is 2.49. The first-order chi connectivity index (χ1) is 7.59. The van der Waals surface area contributed by atoms with Crippen molar-refractivity contribution in [1.29, 1.82) is 0 Å². The molecule has 16 heavy (non-hydrogen) atoms. The maximum atomic E-state index is 5.85. The van der Waals surface area contributed by atoms with Crippen LogP contribution >= 0.6 is 11.6 Å². The summed E-state index contributed by atoms with van der Waals surface area (Å²) in [6.45, 7) is 4.91. The van der Waals surface area contributed by atoms with Crippen LogP contribution in [0.15, 0.2) is 24.3 Å². The van der Waals surface area contributed by atoms with E-state index in [9.17, 15) is 0 Å². The number of methoxy groups -OCH3 is 1. The average molecular weight is 243 g/mol. The highest BCUT2D eigenvalue weighted by Crippen LogP contribution is 2.27. The van der Waals surface area contributed by atoms with E-state index in [4.69, 9.17) is 21.1 Å². The summed E-state index contributed by atoms with van der Waals surface area (Å²) in [7, 11) is 1.64. The van der Waals surface area contributed by atoms with Crippen molar-refractivity contribution in [3.8, 4) is 11.5 Å². The SMILES string of the molecule is COc1ccccc1OCCC(C)(C)CCl. The molecule has 0 spiro atoms. The molecule has 90 valence electrons. The summed E-state index contributed by atoms with van der Waals surface area (Å²) in [5.74, 6) is 2.20. The molecule has 0 unspecified atom stereocenters. The van der Waals surface area contributed by atoms with Gasteiger partial charge in [-0.15, -0.1) is 11.6 Å². The van der Waals surface area contributed by atoms with Crippen LogP contribution < -0.4 is 9.47 Å². The van der Waals surface area contributed by atoms with Crippen LogP contribution in [0.3, 0.4) is 0 Å². The van der Waals surface area contributed by atoms with E-state index in [1.54, 1.807) is 7.11 Å². The van der Waals surface area contributed by atoms with Gasteiger partial charge in [0.05, 0.1) is 13.7 Å². The van der Waals surface area contributed by atoms with Gasteiger partial charge in [0.1, 0.15) is 0 Å². The van der Waals surface area contributed by atoms with Crippen molar-refractivity contribution >= 4 is 11.6 Å². The molecule has 3 heteroatoms. The number of hydrogen-bond donors (Lipinski definition) is 0. The molecule has 2 nitrogen and oxygen atoms in total. The molecule has 0 bridgehead atoms. The summed E-state index contributed by atoms with van der Waals surface area (Å²) in [4.78, 5) is 0. The average Bonchev–Trinajstić information content (AvgIpc) is 2.29. The highest BCUT2D eigenvalue weighted by Gasteiger charge is 2.16. The molecule has 0 fully saturated rings. The Morgan fingerprint density at radius 2 is 1.81 bits per heavy atom. The van der Waals surface area contributed by atoms with Crippen LogP contribution in [-0.4, -0.2) is 19.6 Å². The summed E-state index contributed by atoms with van der Waals surface area (Å²) in [5, 5.41) is 0. The zero-order valence-corrected chi connectivity index (χ0v) is 10.9. The van der Waals surface area contributed by atoms with Gasteiger partial charge < -0.3 is 9.47 Å². The second-order valence-corrected chi connectivity index (χ2v) is 4.81. The number of halogens is 1. The highest BCUT2D eigenvalue weighted by atomic mass is 35.5. The van der Waals surface area contributed by atoms with E-state index >= 15 is 0 Å². The molecule has 0 aliphatic rings. The Labute approximate surface area is 103 Å². The lowest BCUT2D eigenvalue weighted by Gasteiger charge is -2.21. The fraction of sp³-hybridized carbons (Fsp3) is 0.538. The van der Waals surface area contributed by atoms with Gasteiger partial charge in [-0.25, -0.2) is 0 Å². The predicted molar refractivity (Wildman–Crippen MR) is 67.6 cm³/mol. The number of ether oxygens (including phenoxy) is 2. The number of rotatable bonds is 6. The fourth-order valence-electron chi connectivity index (χ4n) is 1.24. The molecule has 0 saturated heterocycles. The first-order valence-electron chi connectivity index (χ1n) is 5.41. The van der Waals surface area contributed by atoms with Gasteiger partial charge in [-0.2, -0.15) is 0 Å². The van der Waals surface area contributed by atoms with E-state index in [-0.39, 0.29) is 5.41 Å². The van der Waals surface area contributed by atoms with Crippen LogP contribution in [0, 0.1) is 5.41 Å². The normalized spacial score (nSPS) is 11.2. The molecule has 0 N–H and O–H groups in total. The molecule has 0 saturated carbocycles. The van der Waals surface area contributed by atoms with Crippen molar-refractivity contribution in [2.75, 3.05) is 19.6 Å². The second-order valence-electron chi connectivity index (χ2n) is 4.55. The molecular weight excluding hydrogens is 224 g/mol. The Morgan fingerprint density at radius 3 is 2.38 bits per heavy atom. The first-order valence-corrected chi connectivity index (χ1v) is 5.94. The molecule has 0 atom stereocenters. The monoisotopic (exact) mass is 242 g/mol. The molecule has 1 aromatic rings. The first kappa shape index (κ1) is 13.2. The van der Waals surface area contributed by atoms with Crippen molar-refractivity contribution in [3.05, 3.63) is 24.3 Å². The third-order valence-corrected chi connectivity index (χ3v) is 3.19. The van der Waals surface area contributed by atoms with Crippen LogP contribution in [-0.2, 0) is 0 Å². The zero-order valence-electron chi connectivity index (χ0n) is 10.1. The van der Waals surface area contributed by atoms with Crippen molar-refractivity contribution in [2.45, 2.75) is 20.3 Å². The van der Waals surface area contributed by atoms with Crippen LogP contribution in [0.2, 0.25) is 0 Å². The van der Waals surface area contributed by atoms with Gasteiger partial charge in [-0.1, -0.05) is 26.0 Å². The van der Waals surface area contributed by atoms with Gasteiger partial charge >= 0.3 is 0 Å². The summed E-state index contributed by atoms with van der Waals surface area (Å²) < 4.78 is 10.9. The quantitative estimate of drug-likeness (QED) is 0.708. The van der Waals surface area contributed by atoms with Crippen molar-refractivity contribution in [1.82, 2.24) is 0 Å². The second kappa shape index (κ2) is 6.00. The maximum absolute atomic E-state index is 5.85. The van der Waals surface area contributed by atoms with E-state index < -0.39 is 0 Å². The van der Waals surface area contributed by atoms with Gasteiger partial charge in [0, 0.05) is 5.88 Å². The Hall–Kier alpha value is -0.890. The minimum atomic E-state index is 0.115. The predicted octanol–water partition coefficient (Wildman–Crippen LogP) is 3.73. The topological polar surface area (TPSA) is 18.5 Å². The third-order valence-electron chi connectivity index (χ3n) is 2.47. The molecule has 0 radical (unpaired) electrons. The number of para-hydroxylation sites is 2.